The molecule has 0 spiro atoms. The van der Waals surface area contributed by atoms with Gasteiger partial charge in [-0.15, -0.1) is 0 Å². The number of benzene rings is 5. The number of hydrogen-bond donors (Lipinski definition) is 0. The minimum atomic E-state index is -1.15. The molecule has 5 heteroatoms. The second-order valence-corrected chi connectivity index (χ2v) is 9.48. The predicted octanol–water partition coefficient (Wildman–Crippen LogP) is 7.94. The Morgan fingerprint density at radius 2 is 1.18 bits per heavy atom. The van der Waals surface area contributed by atoms with Gasteiger partial charge in [-0.1, -0.05) is 103 Å². The maximum absolute atomic E-state index is 15.0. The van der Waals surface area contributed by atoms with Crippen molar-refractivity contribution in [2.75, 3.05) is 0 Å². The average molecular weight is 515 g/mol. The molecule has 1 heterocycles. The minimum Gasteiger partial charge on any atom is -0.312 e. The quantitative estimate of drug-likeness (QED) is 0.167. The molecule has 39 heavy (non-hydrogen) atoms. The Hall–Kier alpha value is -4.90. The highest BCUT2D eigenvalue weighted by Gasteiger charge is 2.39. The molecule has 0 saturated carbocycles. The lowest BCUT2D eigenvalue weighted by Gasteiger charge is -2.38. The van der Waals surface area contributed by atoms with E-state index in [1.807, 2.05) is 73.9 Å². The van der Waals surface area contributed by atoms with Crippen molar-refractivity contribution in [3.8, 4) is 11.1 Å². The predicted molar refractivity (Wildman–Crippen MR) is 150 cm³/mol. The van der Waals surface area contributed by atoms with Gasteiger partial charge >= 0.3 is 0 Å². The van der Waals surface area contributed by atoms with E-state index in [0.29, 0.717) is 22.9 Å². The monoisotopic (exact) mass is 514 g/mol. The first-order chi connectivity index (χ1) is 19.1. The number of nitrogens with zero attached hydrogens (tertiary/aromatic N) is 2. The fourth-order valence-corrected chi connectivity index (χ4v) is 5.60. The lowest BCUT2D eigenvalue weighted by atomic mass is 9.76. The van der Waals surface area contributed by atoms with Gasteiger partial charge in [0, 0.05) is 5.56 Å². The molecule has 0 saturated heterocycles. The van der Waals surface area contributed by atoms with Crippen LogP contribution in [-0.2, 0) is 5.54 Å². The first kappa shape index (κ1) is 24.4. The summed E-state index contributed by atoms with van der Waals surface area (Å²) in [7, 11) is 0. The highest BCUT2D eigenvalue weighted by Crippen LogP contribution is 2.43. The van der Waals surface area contributed by atoms with Crippen LogP contribution in [0.25, 0.3) is 22.2 Å². The van der Waals surface area contributed by atoms with Gasteiger partial charge in [0.05, 0.1) is 22.9 Å². The van der Waals surface area contributed by atoms with Crippen LogP contribution in [0, 0.1) is 18.6 Å². The van der Waals surface area contributed by atoms with E-state index in [1.165, 1.54) is 12.1 Å². The van der Waals surface area contributed by atoms with Gasteiger partial charge in [0.1, 0.15) is 5.54 Å². The molecular weight excluding hydrogens is 490 g/mol. The summed E-state index contributed by atoms with van der Waals surface area (Å²) in [5.74, 6) is -2.20. The van der Waals surface area contributed by atoms with Gasteiger partial charge in [0.25, 0.3) is 0 Å². The maximum Gasteiger partial charge on any atom is 0.169 e. The van der Waals surface area contributed by atoms with Crippen molar-refractivity contribution in [1.82, 2.24) is 9.55 Å². The summed E-state index contributed by atoms with van der Waals surface area (Å²) in [5.41, 5.74) is 4.96. The van der Waals surface area contributed by atoms with Crippen LogP contribution in [-0.4, -0.2) is 15.8 Å². The van der Waals surface area contributed by atoms with Crippen molar-refractivity contribution in [3.05, 3.63) is 161 Å². The summed E-state index contributed by atoms with van der Waals surface area (Å²) in [6, 6.07) is 37.2. The van der Waals surface area contributed by atoms with E-state index in [4.69, 9.17) is 4.98 Å². The van der Waals surface area contributed by atoms with Crippen LogP contribution < -0.4 is 0 Å². The molecule has 0 unspecified atom stereocenters. The van der Waals surface area contributed by atoms with Crippen LogP contribution in [0.1, 0.15) is 32.6 Å². The SMILES string of the molecule is Cc1c(-c2ccc(C=O)c(F)c2F)ccc2c1ncn2C(c1ccccc1)(c1ccccc1)c1ccccc1. The summed E-state index contributed by atoms with van der Waals surface area (Å²) in [6.07, 6.45) is 2.14. The van der Waals surface area contributed by atoms with E-state index >= 15 is 4.39 Å². The molecular formula is C34H24F2N2O. The summed E-state index contributed by atoms with van der Waals surface area (Å²) in [4.78, 5) is 15.9. The van der Waals surface area contributed by atoms with Gasteiger partial charge < -0.3 is 4.57 Å². The lowest BCUT2D eigenvalue weighted by Crippen LogP contribution is -2.37. The first-order valence-corrected chi connectivity index (χ1v) is 12.6. The topological polar surface area (TPSA) is 34.9 Å². The van der Waals surface area contributed by atoms with Crippen molar-refractivity contribution < 1.29 is 13.6 Å². The zero-order valence-electron chi connectivity index (χ0n) is 21.2. The molecule has 6 aromatic rings. The van der Waals surface area contributed by atoms with Crippen molar-refractivity contribution in [2.45, 2.75) is 12.5 Å². The van der Waals surface area contributed by atoms with Crippen LogP contribution in [0.3, 0.4) is 0 Å². The third-order valence-corrected chi connectivity index (χ3v) is 7.44. The van der Waals surface area contributed by atoms with Crippen LogP contribution in [0.2, 0.25) is 0 Å². The molecule has 6 rings (SSSR count). The van der Waals surface area contributed by atoms with Crippen LogP contribution in [0.4, 0.5) is 8.78 Å². The van der Waals surface area contributed by atoms with Crippen molar-refractivity contribution in [3.63, 3.8) is 0 Å². The molecule has 0 bridgehead atoms. The van der Waals surface area contributed by atoms with Crippen molar-refractivity contribution >= 4 is 17.3 Å². The number of aldehydes is 1. The van der Waals surface area contributed by atoms with E-state index in [-0.39, 0.29) is 11.1 Å². The Bertz CT molecular complexity index is 1700. The molecule has 0 N–H and O–H groups in total. The number of fused-ring (bicyclic) bond motifs is 1. The molecule has 3 nitrogen and oxygen atoms in total. The molecule has 0 radical (unpaired) electrons. The molecule has 0 aliphatic rings. The van der Waals surface area contributed by atoms with Crippen molar-refractivity contribution in [2.24, 2.45) is 0 Å². The van der Waals surface area contributed by atoms with Gasteiger partial charge in [-0.2, -0.15) is 0 Å². The second-order valence-electron chi connectivity index (χ2n) is 9.48. The zero-order chi connectivity index (χ0) is 27.0. The van der Waals surface area contributed by atoms with E-state index in [2.05, 4.69) is 41.0 Å². The minimum absolute atomic E-state index is 0.0903. The smallest absolute Gasteiger partial charge is 0.169 e. The highest BCUT2D eigenvalue weighted by molar-refractivity contribution is 5.88. The van der Waals surface area contributed by atoms with E-state index in [9.17, 15) is 9.18 Å². The first-order valence-electron chi connectivity index (χ1n) is 12.6. The fourth-order valence-electron chi connectivity index (χ4n) is 5.60. The normalized spacial score (nSPS) is 11.6. The number of rotatable bonds is 6. The summed E-state index contributed by atoms with van der Waals surface area (Å²) in [5, 5.41) is 0. The number of hydrogen-bond acceptors (Lipinski definition) is 2. The molecule has 0 fully saturated rings. The number of aromatic nitrogens is 2. The molecule has 1 aromatic heterocycles. The standard InChI is InChI=1S/C34H24F2N2O/c1-23-28(29-18-17-24(21-39)31(35)32(29)36)19-20-30-33(23)37-22-38(30)34(25-11-5-2-6-12-25,26-13-7-3-8-14-26)27-15-9-4-10-16-27/h2-22H,1H3. The Morgan fingerprint density at radius 3 is 1.69 bits per heavy atom. The summed E-state index contributed by atoms with van der Waals surface area (Å²) >= 11 is 0. The van der Waals surface area contributed by atoms with Crippen LogP contribution >= 0.6 is 0 Å². The molecule has 5 aromatic carbocycles. The molecule has 0 atom stereocenters. The summed E-state index contributed by atoms with van der Waals surface area (Å²) in [6.45, 7) is 1.86. The van der Waals surface area contributed by atoms with E-state index in [0.717, 1.165) is 22.2 Å². The molecule has 0 amide bonds. The number of carbonyl (C=O) groups excluding carboxylic acids is 1. The Morgan fingerprint density at radius 1 is 0.667 bits per heavy atom. The Balaban J connectivity index is 1.66. The lowest BCUT2D eigenvalue weighted by molar-refractivity contribution is 0.111. The number of aryl methyl sites for hydroxylation is 1. The van der Waals surface area contributed by atoms with Crippen LogP contribution in [0.5, 0.6) is 0 Å². The molecule has 0 aliphatic carbocycles. The number of imidazole rings is 1. The largest absolute Gasteiger partial charge is 0.312 e. The van der Waals surface area contributed by atoms with E-state index in [1.54, 1.807) is 6.07 Å². The zero-order valence-corrected chi connectivity index (χ0v) is 21.2. The van der Waals surface area contributed by atoms with Gasteiger partial charge in [-0.3, -0.25) is 4.79 Å². The molecule has 0 aliphatic heterocycles. The number of carbonyl (C=O) groups is 1. The fraction of sp³-hybridized carbons (Fsp3) is 0.0588. The van der Waals surface area contributed by atoms with Gasteiger partial charge in [-0.25, -0.2) is 13.8 Å². The van der Waals surface area contributed by atoms with E-state index < -0.39 is 17.2 Å². The summed E-state index contributed by atoms with van der Waals surface area (Å²) < 4.78 is 31.7. The number of halogens is 2. The van der Waals surface area contributed by atoms with Gasteiger partial charge in [0.15, 0.2) is 17.9 Å². The third kappa shape index (κ3) is 3.77. The Kier molecular flexibility index (Phi) is 6.12. The van der Waals surface area contributed by atoms with Gasteiger partial charge in [0.2, 0.25) is 0 Å². The highest BCUT2D eigenvalue weighted by atomic mass is 19.2. The average Bonchev–Trinajstić information content (AvgIpc) is 3.42. The third-order valence-electron chi connectivity index (χ3n) is 7.44. The van der Waals surface area contributed by atoms with Gasteiger partial charge in [-0.05, 0) is 46.9 Å². The maximum atomic E-state index is 15.0. The Labute approximate surface area is 225 Å². The molecule has 190 valence electrons. The van der Waals surface area contributed by atoms with Crippen molar-refractivity contribution in [1.29, 1.82) is 0 Å². The second kappa shape index (κ2) is 9.76. The van der Waals surface area contributed by atoms with Crippen LogP contribution in [0.15, 0.2) is 122 Å².